The number of nitrogens with zero attached hydrogens (tertiary/aromatic N) is 5. The van der Waals surface area contributed by atoms with E-state index < -0.39 is 10.5 Å². The monoisotopic (exact) mass is 532 g/mol. The predicted molar refractivity (Wildman–Crippen MR) is 149 cm³/mol. The molecule has 1 fully saturated rings. The van der Waals surface area contributed by atoms with Gasteiger partial charge in [-0.15, -0.1) is 0 Å². The van der Waals surface area contributed by atoms with E-state index in [0.717, 1.165) is 24.0 Å². The summed E-state index contributed by atoms with van der Waals surface area (Å²) < 4.78 is 5.52. The lowest BCUT2D eigenvalue weighted by atomic mass is 10.1. The van der Waals surface area contributed by atoms with Crippen LogP contribution in [0.15, 0.2) is 67.0 Å². The second-order valence-corrected chi connectivity index (χ2v) is 10.7. The van der Waals surface area contributed by atoms with Crippen LogP contribution in [0.25, 0.3) is 0 Å². The molecule has 4 rings (SSSR count). The van der Waals surface area contributed by atoms with E-state index in [1.54, 1.807) is 4.90 Å². The highest BCUT2D eigenvalue weighted by Gasteiger charge is 2.30. The molecule has 1 aliphatic rings. The van der Waals surface area contributed by atoms with Gasteiger partial charge in [-0.1, -0.05) is 60.7 Å². The van der Waals surface area contributed by atoms with Gasteiger partial charge in [0.05, 0.1) is 4.92 Å². The van der Waals surface area contributed by atoms with E-state index in [2.05, 4.69) is 15.3 Å². The largest absolute Gasteiger partial charge is 0.444 e. The number of likely N-dealkylation sites (tertiary alicyclic amines) is 1. The van der Waals surface area contributed by atoms with Crippen molar-refractivity contribution in [3.8, 4) is 0 Å². The van der Waals surface area contributed by atoms with E-state index in [4.69, 9.17) is 4.74 Å². The standard InChI is InChI=1S/C29H36N6O4/c1-29(2,3)39-28(36)33-16-10-15-24(20-33)30-17-25-26(35(37)38)27(32-21-31-25)34(18-22-11-6-4-7-12-22)19-23-13-8-5-9-14-23/h4-9,11-14,21,24,30H,10,15-20H2,1-3H3/t24-/m1/s1. The number of hydrogen-bond donors (Lipinski definition) is 1. The molecular weight excluding hydrogens is 496 g/mol. The first-order chi connectivity index (χ1) is 18.7. The Kier molecular flexibility index (Phi) is 9.08. The van der Waals surface area contributed by atoms with Gasteiger partial charge in [-0.3, -0.25) is 10.1 Å². The molecular formula is C29H36N6O4. The summed E-state index contributed by atoms with van der Waals surface area (Å²) in [7, 11) is 0. The zero-order chi connectivity index (χ0) is 27.8. The molecule has 10 nitrogen and oxygen atoms in total. The summed E-state index contributed by atoms with van der Waals surface area (Å²) in [6.45, 7) is 7.71. The molecule has 0 bridgehead atoms. The number of piperidine rings is 1. The van der Waals surface area contributed by atoms with E-state index in [1.807, 2.05) is 86.3 Å². The topological polar surface area (TPSA) is 114 Å². The van der Waals surface area contributed by atoms with Crippen LogP contribution >= 0.6 is 0 Å². The van der Waals surface area contributed by atoms with E-state index in [0.29, 0.717) is 31.9 Å². The number of anilines is 1. The average Bonchev–Trinajstić information content (AvgIpc) is 2.91. The average molecular weight is 533 g/mol. The molecule has 0 radical (unpaired) electrons. The van der Waals surface area contributed by atoms with Crippen LogP contribution < -0.4 is 10.2 Å². The zero-order valence-corrected chi connectivity index (χ0v) is 22.7. The summed E-state index contributed by atoms with van der Waals surface area (Å²) in [5.74, 6) is 0.276. The molecule has 0 aliphatic carbocycles. The molecule has 0 unspecified atom stereocenters. The number of benzene rings is 2. The Labute approximate surface area is 229 Å². The molecule has 1 N–H and O–H groups in total. The van der Waals surface area contributed by atoms with Crippen molar-refractivity contribution in [3.05, 3.63) is 93.9 Å². The molecule has 2 heterocycles. The summed E-state index contributed by atoms with van der Waals surface area (Å²) >= 11 is 0. The minimum atomic E-state index is -0.569. The van der Waals surface area contributed by atoms with Crippen LogP contribution in [0.1, 0.15) is 50.4 Å². The number of ether oxygens (including phenoxy) is 1. The van der Waals surface area contributed by atoms with Gasteiger partial charge in [0, 0.05) is 38.8 Å². The van der Waals surface area contributed by atoms with E-state index >= 15 is 0 Å². The Hall–Kier alpha value is -4.05. The molecule has 1 atom stereocenters. The first kappa shape index (κ1) is 28.0. The highest BCUT2D eigenvalue weighted by atomic mass is 16.6. The highest BCUT2D eigenvalue weighted by molar-refractivity contribution is 5.68. The summed E-state index contributed by atoms with van der Waals surface area (Å²) in [4.78, 5) is 36.8. The van der Waals surface area contributed by atoms with Crippen LogP contribution in [0.2, 0.25) is 0 Å². The van der Waals surface area contributed by atoms with Crippen molar-refractivity contribution in [1.29, 1.82) is 0 Å². The molecule has 206 valence electrons. The van der Waals surface area contributed by atoms with Crippen molar-refractivity contribution in [2.75, 3.05) is 18.0 Å². The fraction of sp³-hybridized carbons (Fsp3) is 0.414. The van der Waals surface area contributed by atoms with Crippen molar-refractivity contribution in [3.63, 3.8) is 0 Å². The lowest BCUT2D eigenvalue weighted by Gasteiger charge is -2.34. The molecule has 3 aromatic rings. The van der Waals surface area contributed by atoms with Gasteiger partial charge in [0.1, 0.15) is 17.6 Å². The SMILES string of the molecule is CC(C)(C)OC(=O)N1CCC[C@@H](NCc2ncnc(N(Cc3ccccc3)Cc3ccccc3)c2[N+](=O)[O-])C1. The number of carbonyl (C=O) groups excluding carboxylic acids is 1. The second-order valence-electron chi connectivity index (χ2n) is 10.7. The van der Waals surface area contributed by atoms with Crippen LogP contribution in [0.3, 0.4) is 0 Å². The molecule has 1 saturated heterocycles. The smallest absolute Gasteiger partial charge is 0.410 e. The van der Waals surface area contributed by atoms with E-state index in [1.165, 1.54) is 6.33 Å². The number of nitro groups is 1. The van der Waals surface area contributed by atoms with Crippen molar-refractivity contribution in [2.45, 2.75) is 64.9 Å². The third kappa shape index (κ3) is 7.97. The van der Waals surface area contributed by atoms with Crippen LogP contribution in [-0.2, 0) is 24.4 Å². The first-order valence-corrected chi connectivity index (χ1v) is 13.2. The lowest BCUT2D eigenvalue weighted by molar-refractivity contribution is -0.385. The van der Waals surface area contributed by atoms with Crippen molar-refractivity contribution in [1.82, 2.24) is 20.2 Å². The van der Waals surface area contributed by atoms with Crippen molar-refractivity contribution < 1.29 is 14.5 Å². The Balaban J connectivity index is 1.54. The Morgan fingerprint density at radius 2 is 1.69 bits per heavy atom. The number of aromatic nitrogens is 2. The Morgan fingerprint density at radius 3 is 2.26 bits per heavy atom. The van der Waals surface area contributed by atoms with Gasteiger partial charge >= 0.3 is 11.8 Å². The third-order valence-corrected chi connectivity index (χ3v) is 6.42. The molecule has 1 amide bonds. The number of rotatable bonds is 9. The van der Waals surface area contributed by atoms with Crippen molar-refractivity contribution in [2.24, 2.45) is 0 Å². The lowest BCUT2D eigenvalue weighted by Crippen LogP contribution is -2.49. The van der Waals surface area contributed by atoms with Gasteiger partial charge in [-0.05, 0) is 44.7 Å². The van der Waals surface area contributed by atoms with Crippen molar-refractivity contribution >= 4 is 17.6 Å². The molecule has 1 aliphatic heterocycles. The number of carbonyl (C=O) groups is 1. The van der Waals surface area contributed by atoms with Gasteiger partial charge in [0.25, 0.3) is 0 Å². The molecule has 0 spiro atoms. The van der Waals surface area contributed by atoms with Gasteiger partial charge in [-0.25, -0.2) is 14.8 Å². The van der Waals surface area contributed by atoms with Crippen LogP contribution in [0, 0.1) is 10.1 Å². The molecule has 2 aromatic carbocycles. The van der Waals surface area contributed by atoms with Crippen LogP contribution in [0.4, 0.5) is 16.3 Å². The molecule has 10 heteroatoms. The maximum absolute atomic E-state index is 12.6. The summed E-state index contributed by atoms with van der Waals surface area (Å²) in [6.07, 6.45) is 2.70. The fourth-order valence-electron chi connectivity index (χ4n) is 4.64. The summed E-state index contributed by atoms with van der Waals surface area (Å²) in [5, 5.41) is 15.8. The maximum atomic E-state index is 12.6. The number of nitrogens with one attached hydrogen (secondary N) is 1. The maximum Gasteiger partial charge on any atom is 0.410 e. The molecule has 1 aromatic heterocycles. The fourth-order valence-corrected chi connectivity index (χ4v) is 4.64. The van der Waals surface area contributed by atoms with E-state index in [9.17, 15) is 14.9 Å². The van der Waals surface area contributed by atoms with Crippen LogP contribution in [0.5, 0.6) is 0 Å². The summed E-state index contributed by atoms with van der Waals surface area (Å²) in [5.41, 5.74) is 1.67. The predicted octanol–water partition coefficient (Wildman–Crippen LogP) is 5.08. The Bertz CT molecular complexity index is 1210. The highest BCUT2D eigenvalue weighted by Crippen LogP contribution is 2.31. The normalized spacial score (nSPS) is 15.6. The third-order valence-electron chi connectivity index (χ3n) is 6.42. The van der Waals surface area contributed by atoms with Crippen LogP contribution in [-0.4, -0.2) is 50.6 Å². The Morgan fingerprint density at radius 1 is 1.08 bits per heavy atom. The molecule has 39 heavy (non-hydrogen) atoms. The second kappa shape index (κ2) is 12.7. The van der Waals surface area contributed by atoms with Gasteiger partial charge < -0.3 is 19.9 Å². The minimum Gasteiger partial charge on any atom is -0.444 e. The number of amides is 1. The van der Waals surface area contributed by atoms with Gasteiger partial charge in [0.15, 0.2) is 0 Å². The van der Waals surface area contributed by atoms with Gasteiger partial charge in [0.2, 0.25) is 5.82 Å². The first-order valence-electron chi connectivity index (χ1n) is 13.2. The number of hydrogen-bond acceptors (Lipinski definition) is 8. The quantitative estimate of drug-likeness (QED) is 0.300. The zero-order valence-electron chi connectivity index (χ0n) is 22.7. The van der Waals surface area contributed by atoms with E-state index in [-0.39, 0.29) is 30.2 Å². The van der Waals surface area contributed by atoms with Gasteiger partial charge in [-0.2, -0.15) is 0 Å². The summed E-state index contributed by atoms with van der Waals surface area (Å²) in [6, 6.07) is 19.6. The minimum absolute atomic E-state index is 0.0333. The molecule has 0 saturated carbocycles.